The van der Waals surface area contributed by atoms with Crippen molar-refractivity contribution >= 4 is 11.3 Å². The summed E-state index contributed by atoms with van der Waals surface area (Å²) in [5.41, 5.74) is 7.61. The van der Waals surface area contributed by atoms with Gasteiger partial charge in [0.05, 0.1) is 0 Å². The molecule has 4 atom stereocenters. The van der Waals surface area contributed by atoms with Crippen molar-refractivity contribution in [2.24, 2.45) is 11.7 Å². The fourth-order valence-corrected chi connectivity index (χ4v) is 3.59. The zero-order valence-electron chi connectivity index (χ0n) is 11.1. The molecule has 1 aliphatic rings. The average Bonchev–Trinajstić information content (AvgIpc) is 2.78. The van der Waals surface area contributed by atoms with Crippen LogP contribution < -0.4 is 5.73 Å². The molecule has 4 unspecified atom stereocenters. The third-order valence-corrected chi connectivity index (χ3v) is 5.09. The molecule has 2 heterocycles. The number of thiophene rings is 1. The molecule has 1 fully saturated rings. The van der Waals surface area contributed by atoms with Crippen molar-refractivity contribution in [1.82, 2.24) is 4.90 Å². The number of hydrogen-bond donors (Lipinski definition) is 1. The molecule has 2 nitrogen and oxygen atoms in total. The molecule has 1 saturated heterocycles. The molecule has 2 N–H and O–H groups in total. The minimum absolute atomic E-state index is 0.384. The van der Waals surface area contributed by atoms with E-state index in [1.807, 2.05) is 0 Å². The Morgan fingerprint density at radius 2 is 2.29 bits per heavy atom. The van der Waals surface area contributed by atoms with Crippen LogP contribution in [0, 0.1) is 5.92 Å². The van der Waals surface area contributed by atoms with Crippen LogP contribution in [-0.4, -0.2) is 29.6 Å². The molecule has 0 bridgehead atoms. The van der Waals surface area contributed by atoms with Gasteiger partial charge in [0.15, 0.2) is 0 Å². The normalized spacial score (nSPS) is 32.6. The summed E-state index contributed by atoms with van der Waals surface area (Å²) >= 11 is 1.79. The summed E-state index contributed by atoms with van der Waals surface area (Å²) in [6.07, 6.45) is 2.30. The third kappa shape index (κ3) is 2.90. The lowest BCUT2D eigenvalue weighted by atomic mass is 9.86. The van der Waals surface area contributed by atoms with Crippen molar-refractivity contribution in [3.63, 3.8) is 0 Å². The highest BCUT2D eigenvalue weighted by Crippen LogP contribution is 2.25. The zero-order chi connectivity index (χ0) is 12.4. The molecule has 0 aliphatic carbocycles. The number of nitrogens with zero attached hydrogens (tertiary/aromatic N) is 1. The van der Waals surface area contributed by atoms with Crippen molar-refractivity contribution < 1.29 is 0 Å². The maximum absolute atomic E-state index is 6.14. The number of rotatable bonds is 3. The lowest BCUT2D eigenvalue weighted by molar-refractivity contribution is 0.0631. The Labute approximate surface area is 109 Å². The predicted molar refractivity (Wildman–Crippen MR) is 75.4 cm³/mol. The number of likely N-dealkylation sites (tertiary alicyclic amines) is 1. The summed E-state index contributed by atoms with van der Waals surface area (Å²) in [7, 11) is 0. The fourth-order valence-electron chi connectivity index (χ4n) is 2.91. The summed E-state index contributed by atoms with van der Waals surface area (Å²) in [5, 5.41) is 4.43. The van der Waals surface area contributed by atoms with Crippen LogP contribution in [-0.2, 0) is 6.42 Å². The van der Waals surface area contributed by atoms with Gasteiger partial charge < -0.3 is 5.73 Å². The van der Waals surface area contributed by atoms with Crippen molar-refractivity contribution in [2.45, 2.75) is 51.7 Å². The maximum Gasteiger partial charge on any atom is 0.0111 e. The second-order valence-electron chi connectivity index (χ2n) is 5.47. The molecule has 17 heavy (non-hydrogen) atoms. The first kappa shape index (κ1) is 13.1. The molecule has 0 saturated carbocycles. The Kier molecular flexibility index (Phi) is 4.23. The summed E-state index contributed by atoms with van der Waals surface area (Å²) in [6.45, 7) is 8.11. The third-order valence-electron chi connectivity index (χ3n) is 4.36. The van der Waals surface area contributed by atoms with Crippen molar-refractivity contribution in [3.8, 4) is 0 Å². The molecule has 2 rings (SSSR count). The van der Waals surface area contributed by atoms with Gasteiger partial charge in [-0.15, -0.1) is 0 Å². The first-order valence-corrected chi connectivity index (χ1v) is 7.56. The van der Waals surface area contributed by atoms with Gasteiger partial charge in [-0.25, -0.2) is 0 Å². The van der Waals surface area contributed by atoms with Crippen molar-refractivity contribution in [1.29, 1.82) is 0 Å². The minimum Gasteiger partial charge on any atom is -0.327 e. The molecule has 0 spiro atoms. The van der Waals surface area contributed by atoms with Crippen LogP contribution in [0.2, 0.25) is 0 Å². The average molecular weight is 252 g/mol. The van der Waals surface area contributed by atoms with Gasteiger partial charge in [-0.2, -0.15) is 11.3 Å². The van der Waals surface area contributed by atoms with Gasteiger partial charge in [-0.05, 0) is 55.0 Å². The van der Waals surface area contributed by atoms with Crippen LogP contribution >= 0.6 is 11.3 Å². The highest BCUT2D eigenvalue weighted by Gasteiger charge is 2.32. The van der Waals surface area contributed by atoms with Crippen LogP contribution in [0.25, 0.3) is 0 Å². The monoisotopic (exact) mass is 252 g/mol. The molecule has 0 aromatic carbocycles. The molecule has 1 aromatic rings. The van der Waals surface area contributed by atoms with Crippen LogP contribution in [0.15, 0.2) is 16.8 Å². The first-order chi connectivity index (χ1) is 8.09. The fraction of sp³-hybridized carbons (Fsp3) is 0.714. The lowest BCUT2D eigenvalue weighted by Gasteiger charge is -2.44. The Hall–Kier alpha value is -0.380. The van der Waals surface area contributed by atoms with Crippen LogP contribution in [0.4, 0.5) is 0 Å². The predicted octanol–water partition coefficient (Wildman–Crippen LogP) is 2.74. The van der Waals surface area contributed by atoms with Gasteiger partial charge in [0.1, 0.15) is 0 Å². The van der Waals surface area contributed by atoms with Crippen molar-refractivity contribution in [2.75, 3.05) is 6.54 Å². The summed E-state index contributed by atoms with van der Waals surface area (Å²) in [6, 6.07) is 3.85. The molecule has 0 radical (unpaired) electrons. The second-order valence-corrected chi connectivity index (χ2v) is 6.25. The first-order valence-electron chi connectivity index (χ1n) is 6.62. The van der Waals surface area contributed by atoms with Gasteiger partial charge in [-0.3, -0.25) is 4.90 Å². The van der Waals surface area contributed by atoms with E-state index in [1.165, 1.54) is 5.56 Å². The summed E-state index contributed by atoms with van der Waals surface area (Å²) in [4.78, 5) is 2.63. The number of piperidine rings is 1. The van der Waals surface area contributed by atoms with Gasteiger partial charge in [0.2, 0.25) is 0 Å². The smallest absolute Gasteiger partial charge is 0.0111 e. The maximum atomic E-state index is 6.14. The van der Waals surface area contributed by atoms with E-state index in [-0.39, 0.29) is 0 Å². The molecular weight excluding hydrogens is 228 g/mol. The van der Waals surface area contributed by atoms with Gasteiger partial charge in [0, 0.05) is 24.7 Å². The second kappa shape index (κ2) is 5.51. The molecule has 96 valence electrons. The van der Waals surface area contributed by atoms with Crippen LogP contribution in [0.5, 0.6) is 0 Å². The molecule has 1 aromatic heterocycles. The summed E-state index contributed by atoms with van der Waals surface area (Å²) < 4.78 is 0. The largest absolute Gasteiger partial charge is 0.327 e. The van der Waals surface area contributed by atoms with E-state index in [9.17, 15) is 0 Å². The Morgan fingerprint density at radius 3 is 2.94 bits per heavy atom. The summed E-state index contributed by atoms with van der Waals surface area (Å²) in [5.74, 6) is 0.605. The molecule has 3 heteroatoms. The quantitative estimate of drug-likeness (QED) is 0.896. The standard InChI is InChI=1S/C14H24N2S/c1-10(8-13-5-7-17-9-13)16-6-4-14(15)11(2)12(16)3/h5,7,9-12,14H,4,6,8,15H2,1-3H3. The van der Waals surface area contributed by atoms with E-state index >= 15 is 0 Å². The van der Waals surface area contributed by atoms with E-state index in [4.69, 9.17) is 5.73 Å². The van der Waals surface area contributed by atoms with Gasteiger partial charge in [0.25, 0.3) is 0 Å². The van der Waals surface area contributed by atoms with E-state index in [1.54, 1.807) is 11.3 Å². The SMILES string of the molecule is CC1C(N)CCN(C(C)Cc2ccsc2)C1C. The Balaban J connectivity index is 1.97. The van der Waals surface area contributed by atoms with E-state index in [0.29, 0.717) is 24.0 Å². The van der Waals surface area contributed by atoms with Crippen LogP contribution in [0.3, 0.4) is 0 Å². The minimum atomic E-state index is 0.384. The Bertz CT molecular complexity index is 336. The molecule has 1 aliphatic heterocycles. The zero-order valence-corrected chi connectivity index (χ0v) is 11.9. The topological polar surface area (TPSA) is 29.3 Å². The van der Waals surface area contributed by atoms with Gasteiger partial charge >= 0.3 is 0 Å². The van der Waals surface area contributed by atoms with Crippen molar-refractivity contribution in [3.05, 3.63) is 22.4 Å². The van der Waals surface area contributed by atoms with E-state index in [2.05, 4.69) is 42.5 Å². The van der Waals surface area contributed by atoms with E-state index in [0.717, 1.165) is 19.4 Å². The van der Waals surface area contributed by atoms with E-state index < -0.39 is 0 Å². The van der Waals surface area contributed by atoms with Gasteiger partial charge in [-0.1, -0.05) is 6.92 Å². The number of nitrogens with two attached hydrogens (primary N) is 1. The highest BCUT2D eigenvalue weighted by molar-refractivity contribution is 7.07. The Morgan fingerprint density at radius 1 is 1.53 bits per heavy atom. The molecular formula is C14H24N2S. The lowest BCUT2D eigenvalue weighted by Crippen LogP contribution is -2.54. The number of hydrogen-bond acceptors (Lipinski definition) is 3. The highest BCUT2D eigenvalue weighted by atomic mass is 32.1. The van der Waals surface area contributed by atoms with Crippen LogP contribution in [0.1, 0.15) is 32.8 Å². The molecule has 0 amide bonds.